The first-order valence-electron chi connectivity index (χ1n) is 7.21. The molecule has 0 radical (unpaired) electrons. The molecular formula is C14H28N2O. The minimum atomic E-state index is 0.222. The van der Waals surface area contributed by atoms with Crippen LogP contribution >= 0.6 is 0 Å². The number of unbranched alkanes of at least 4 members (excludes halogenated alkanes) is 1. The number of carbonyl (C=O) groups is 1. The number of hydrogen-bond donors (Lipinski definition) is 2. The topological polar surface area (TPSA) is 41.1 Å². The standard InChI is InChI=1S/C14H28N2O/c1-4-6-7-12(5-2)14(17)16-13-8-9-15-11(3)10-13/h11-13,15H,4-10H2,1-3H3,(H,16,17). The Hall–Kier alpha value is -0.570. The summed E-state index contributed by atoms with van der Waals surface area (Å²) in [6.07, 6.45) is 6.48. The number of carbonyl (C=O) groups excluding carboxylic acids is 1. The van der Waals surface area contributed by atoms with E-state index in [-0.39, 0.29) is 11.8 Å². The summed E-state index contributed by atoms with van der Waals surface area (Å²) < 4.78 is 0. The fourth-order valence-corrected chi connectivity index (χ4v) is 2.55. The number of amides is 1. The molecule has 17 heavy (non-hydrogen) atoms. The lowest BCUT2D eigenvalue weighted by Crippen LogP contribution is -2.48. The van der Waals surface area contributed by atoms with E-state index in [1.807, 2.05) is 0 Å². The molecule has 1 heterocycles. The van der Waals surface area contributed by atoms with Crippen LogP contribution in [-0.4, -0.2) is 24.5 Å². The number of piperidine rings is 1. The third-order valence-corrected chi connectivity index (χ3v) is 3.74. The fourth-order valence-electron chi connectivity index (χ4n) is 2.55. The van der Waals surface area contributed by atoms with Crippen molar-refractivity contribution in [2.24, 2.45) is 5.92 Å². The first kappa shape index (κ1) is 14.5. The van der Waals surface area contributed by atoms with Gasteiger partial charge in [-0.25, -0.2) is 0 Å². The second-order valence-electron chi connectivity index (χ2n) is 5.33. The van der Waals surface area contributed by atoms with Crippen LogP contribution < -0.4 is 10.6 Å². The summed E-state index contributed by atoms with van der Waals surface area (Å²) >= 11 is 0. The van der Waals surface area contributed by atoms with Crippen LogP contribution in [0.5, 0.6) is 0 Å². The van der Waals surface area contributed by atoms with Gasteiger partial charge in [0.15, 0.2) is 0 Å². The van der Waals surface area contributed by atoms with Crippen LogP contribution in [0.25, 0.3) is 0 Å². The molecule has 0 aromatic heterocycles. The third kappa shape index (κ3) is 5.07. The Morgan fingerprint density at radius 1 is 1.47 bits per heavy atom. The predicted molar refractivity (Wildman–Crippen MR) is 71.9 cm³/mol. The Labute approximate surface area is 106 Å². The minimum Gasteiger partial charge on any atom is -0.353 e. The Balaban J connectivity index is 2.35. The van der Waals surface area contributed by atoms with E-state index in [2.05, 4.69) is 31.4 Å². The molecule has 1 aliphatic heterocycles. The normalized spacial score (nSPS) is 26.5. The largest absolute Gasteiger partial charge is 0.353 e. The van der Waals surface area contributed by atoms with Gasteiger partial charge in [0.05, 0.1) is 0 Å². The van der Waals surface area contributed by atoms with Gasteiger partial charge in [-0.3, -0.25) is 4.79 Å². The summed E-state index contributed by atoms with van der Waals surface area (Å²) in [5.41, 5.74) is 0. The van der Waals surface area contributed by atoms with Crippen molar-refractivity contribution in [2.45, 2.75) is 71.4 Å². The molecule has 3 atom stereocenters. The second kappa shape index (κ2) is 7.70. The van der Waals surface area contributed by atoms with Gasteiger partial charge in [-0.05, 0) is 39.2 Å². The molecule has 1 fully saturated rings. The van der Waals surface area contributed by atoms with Crippen molar-refractivity contribution in [3.63, 3.8) is 0 Å². The average molecular weight is 240 g/mol. The van der Waals surface area contributed by atoms with Crippen LogP contribution in [0.1, 0.15) is 59.3 Å². The van der Waals surface area contributed by atoms with E-state index < -0.39 is 0 Å². The fraction of sp³-hybridized carbons (Fsp3) is 0.929. The Bertz CT molecular complexity index is 230. The lowest BCUT2D eigenvalue weighted by atomic mass is 9.96. The second-order valence-corrected chi connectivity index (χ2v) is 5.33. The first-order chi connectivity index (χ1) is 8.17. The van der Waals surface area contributed by atoms with E-state index in [4.69, 9.17) is 0 Å². The van der Waals surface area contributed by atoms with Crippen LogP contribution in [-0.2, 0) is 4.79 Å². The molecule has 0 aliphatic carbocycles. The maximum Gasteiger partial charge on any atom is 0.223 e. The maximum atomic E-state index is 12.1. The zero-order chi connectivity index (χ0) is 12.7. The molecule has 0 saturated carbocycles. The van der Waals surface area contributed by atoms with Crippen molar-refractivity contribution in [1.82, 2.24) is 10.6 Å². The molecule has 3 nitrogen and oxygen atoms in total. The molecule has 3 heteroatoms. The molecule has 100 valence electrons. The first-order valence-corrected chi connectivity index (χ1v) is 7.21. The van der Waals surface area contributed by atoms with E-state index in [1.54, 1.807) is 0 Å². The zero-order valence-corrected chi connectivity index (χ0v) is 11.6. The number of rotatable bonds is 6. The van der Waals surface area contributed by atoms with Gasteiger partial charge in [0.1, 0.15) is 0 Å². The predicted octanol–water partition coefficient (Wildman–Crippen LogP) is 2.46. The van der Waals surface area contributed by atoms with Crippen molar-refractivity contribution < 1.29 is 4.79 Å². The van der Waals surface area contributed by atoms with Crippen LogP contribution in [0, 0.1) is 5.92 Å². The van der Waals surface area contributed by atoms with Gasteiger partial charge in [0, 0.05) is 18.0 Å². The lowest BCUT2D eigenvalue weighted by Gasteiger charge is -2.30. The highest BCUT2D eigenvalue weighted by atomic mass is 16.1. The van der Waals surface area contributed by atoms with E-state index in [0.717, 1.165) is 38.6 Å². The molecule has 1 saturated heterocycles. The molecule has 2 N–H and O–H groups in total. The van der Waals surface area contributed by atoms with E-state index >= 15 is 0 Å². The summed E-state index contributed by atoms with van der Waals surface area (Å²) in [6.45, 7) is 7.51. The molecule has 1 rings (SSSR count). The molecule has 0 aromatic rings. The highest BCUT2D eigenvalue weighted by Gasteiger charge is 2.23. The van der Waals surface area contributed by atoms with Gasteiger partial charge in [0.2, 0.25) is 5.91 Å². The van der Waals surface area contributed by atoms with Crippen molar-refractivity contribution >= 4 is 5.91 Å². The number of hydrogen-bond acceptors (Lipinski definition) is 2. The monoisotopic (exact) mass is 240 g/mol. The highest BCUT2D eigenvalue weighted by molar-refractivity contribution is 5.78. The van der Waals surface area contributed by atoms with Gasteiger partial charge >= 0.3 is 0 Å². The molecule has 0 aromatic carbocycles. The molecular weight excluding hydrogens is 212 g/mol. The van der Waals surface area contributed by atoms with E-state index in [9.17, 15) is 4.79 Å². The van der Waals surface area contributed by atoms with Crippen LogP contribution in [0.15, 0.2) is 0 Å². The summed E-state index contributed by atoms with van der Waals surface area (Å²) in [4.78, 5) is 12.1. The Kier molecular flexibility index (Phi) is 6.56. The smallest absolute Gasteiger partial charge is 0.223 e. The average Bonchev–Trinajstić information content (AvgIpc) is 2.30. The SMILES string of the molecule is CCCCC(CC)C(=O)NC1CCNC(C)C1. The zero-order valence-electron chi connectivity index (χ0n) is 11.6. The van der Waals surface area contributed by atoms with E-state index in [1.165, 1.54) is 6.42 Å². The van der Waals surface area contributed by atoms with Gasteiger partial charge in [-0.2, -0.15) is 0 Å². The summed E-state index contributed by atoms with van der Waals surface area (Å²) in [6, 6.07) is 0.916. The molecule has 1 aliphatic rings. The van der Waals surface area contributed by atoms with Crippen LogP contribution in [0.2, 0.25) is 0 Å². The van der Waals surface area contributed by atoms with E-state index in [0.29, 0.717) is 12.1 Å². The molecule has 1 amide bonds. The molecule has 3 unspecified atom stereocenters. The minimum absolute atomic E-state index is 0.222. The highest BCUT2D eigenvalue weighted by Crippen LogP contribution is 2.15. The summed E-state index contributed by atoms with van der Waals surface area (Å²) in [5.74, 6) is 0.500. The maximum absolute atomic E-state index is 12.1. The lowest BCUT2D eigenvalue weighted by molar-refractivity contribution is -0.126. The molecule has 0 spiro atoms. The molecule has 0 bridgehead atoms. The Morgan fingerprint density at radius 3 is 2.82 bits per heavy atom. The van der Waals surface area contributed by atoms with Crippen molar-refractivity contribution in [3.05, 3.63) is 0 Å². The quantitative estimate of drug-likeness (QED) is 0.749. The third-order valence-electron chi connectivity index (χ3n) is 3.74. The van der Waals surface area contributed by atoms with Crippen molar-refractivity contribution in [2.75, 3.05) is 6.54 Å². The van der Waals surface area contributed by atoms with Gasteiger partial charge in [-0.15, -0.1) is 0 Å². The van der Waals surface area contributed by atoms with Crippen molar-refractivity contribution in [3.8, 4) is 0 Å². The van der Waals surface area contributed by atoms with Crippen molar-refractivity contribution in [1.29, 1.82) is 0 Å². The van der Waals surface area contributed by atoms with Gasteiger partial charge in [0.25, 0.3) is 0 Å². The van der Waals surface area contributed by atoms with Gasteiger partial charge < -0.3 is 10.6 Å². The summed E-state index contributed by atoms with van der Waals surface area (Å²) in [7, 11) is 0. The summed E-state index contributed by atoms with van der Waals surface area (Å²) in [5, 5.41) is 6.64. The van der Waals surface area contributed by atoms with Crippen LogP contribution in [0.3, 0.4) is 0 Å². The van der Waals surface area contributed by atoms with Gasteiger partial charge in [-0.1, -0.05) is 26.7 Å². The van der Waals surface area contributed by atoms with Crippen LogP contribution in [0.4, 0.5) is 0 Å². The number of nitrogens with one attached hydrogen (secondary N) is 2. The Morgan fingerprint density at radius 2 is 2.24 bits per heavy atom.